The Labute approximate surface area is 148 Å². The van der Waals surface area contributed by atoms with Crippen LogP contribution in [0.25, 0.3) is 10.8 Å². The van der Waals surface area contributed by atoms with Gasteiger partial charge in [-0.2, -0.15) is 5.10 Å². The van der Waals surface area contributed by atoms with Crippen molar-refractivity contribution in [2.45, 2.75) is 26.2 Å². The van der Waals surface area contributed by atoms with Gasteiger partial charge in [0, 0.05) is 30.8 Å². The summed E-state index contributed by atoms with van der Waals surface area (Å²) in [5.74, 6) is 0.587. The van der Waals surface area contributed by atoms with Crippen LogP contribution in [0.2, 0.25) is 0 Å². The predicted octanol–water partition coefficient (Wildman–Crippen LogP) is 3.98. The third-order valence-electron chi connectivity index (χ3n) is 4.47. The van der Waals surface area contributed by atoms with Crippen LogP contribution in [0.15, 0.2) is 48.7 Å². The van der Waals surface area contributed by atoms with Crippen molar-refractivity contribution in [1.82, 2.24) is 15.1 Å². The Morgan fingerprint density at radius 2 is 1.88 bits per heavy atom. The number of anilines is 1. The second-order valence-electron chi connectivity index (χ2n) is 7.09. The van der Waals surface area contributed by atoms with Gasteiger partial charge >= 0.3 is 6.03 Å². The molecule has 0 aliphatic carbocycles. The summed E-state index contributed by atoms with van der Waals surface area (Å²) < 4.78 is 1.68. The number of nitrogens with zero attached hydrogens (tertiary/aromatic N) is 2. The lowest BCUT2D eigenvalue weighted by atomic mass is 9.83. The van der Waals surface area contributed by atoms with Crippen molar-refractivity contribution in [3.05, 3.63) is 59.8 Å². The van der Waals surface area contributed by atoms with E-state index in [0.29, 0.717) is 12.4 Å². The average molecular weight is 336 g/mol. The van der Waals surface area contributed by atoms with E-state index in [0.717, 1.165) is 5.56 Å². The normalized spacial score (nSPS) is 11.5. The molecule has 0 aliphatic rings. The maximum absolute atomic E-state index is 12.2. The number of benzene rings is 2. The number of hydrogen-bond acceptors (Lipinski definition) is 2. The third kappa shape index (κ3) is 3.82. The van der Waals surface area contributed by atoms with Gasteiger partial charge in [0.25, 0.3) is 0 Å². The molecule has 0 fully saturated rings. The van der Waals surface area contributed by atoms with Crippen molar-refractivity contribution < 1.29 is 4.79 Å². The number of hydrogen-bond donors (Lipinski definition) is 2. The van der Waals surface area contributed by atoms with Gasteiger partial charge in [-0.15, -0.1) is 0 Å². The lowest BCUT2D eigenvalue weighted by molar-refractivity contribution is 0.249. The maximum Gasteiger partial charge on any atom is 0.320 e. The van der Waals surface area contributed by atoms with Crippen molar-refractivity contribution in [2.75, 3.05) is 11.9 Å². The first-order valence-electron chi connectivity index (χ1n) is 8.39. The van der Waals surface area contributed by atoms with Gasteiger partial charge < -0.3 is 5.32 Å². The first-order chi connectivity index (χ1) is 11.8. The molecule has 130 valence electrons. The molecule has 3 aromatic rings. The molecular formula is C20H24N4O. The summed E-state index contributed by atoms with van der Waals surface area (Å²) in [6.45, 7) is 6.71. The minimum absolute atomic E-state index is 0.180. The molecule has 0 unspecified atom stereocenters. The van der Waals surface area contributed by atoms with E-state index >= 15 is 0 Å². The Hall–Kier alpha value is -2.82. The smallest absolute Gasteiger partial charge is 0.320 e. The van der Waals surface area contributed by atoms with Gasteiger partial charge in [0.2, 0.25) is 0 Å². The topological polar surface area (TPSA) is 59.0 Å². The van der Waals surface area contributed by atoms with E-state index in [-0.39, 0.29) is 11.4 Å². The van der Waals surface area contributed by atoms with Gasteiger partial charge in [-0.1, -0.05) is 56.3 Å². The zero-order valence-corrected chi connectivity index (χ0v) is 15.1. The fourth-order valence-electron chi connectivity index (χ4n) is 2.90. The standard InChI is InChI=1S/C20H24N4O/c1-14-12-24(4)23-18(14)22-19(25)21-13-20(2,3)17-10-9-15-7-5-6-8-16(15)11-17/h5-12H,13H2,1-4H3,(H2,21,22,23,25). The van der Waals surface area contributed by atoms with Crippen molar-refractivity contribution >= 4 is 22.6 Å². The molecule has 3 rings (SSSR count). The summed E-state index contributed by atoms with van der Waals surface area (Å²) in [6, 6.07) is 14.5. The summed E-state index contributed by atoms with van der Waals surface area (Å²) >= 11 is 0. The number of nitrogens with one attached hydrogen (secondary N) is 2. The van der Waals surface area contributed by atoms with E-state index in [2.05, 4.69) is 59.9 Å². The molecule has 2 aromatic carbocycles. The largest absolute Gasteiger partial charge is 0.337 e. The zero-order valence-electron chi connectivity index (χ0n) is 15.1. The molecule has 0 radical (unpaired) electrons. The summed E-state index contributed by atoms with van der Waals surface area (Å²) in [4.78, 5) is 12.2. The van der Waals surface area contributed by atoms with E-state index in [4.69, 9.17) is 0 Å². The maximum atomic E-state index is 12.2. The van der Waals surface area contributed by atoms with Crippen LogP contribution in [0.4, 0.5) is 10.6 Å². The second-order valence-corrected chi connectivity index (χ2v) is 7.09. The number of amides is 2. The molecule has 2 amide bonds. The van der Waals surface area contributed by atoms with Crippen LogP contribution < -0.4 is 10.6 Å². The minimum atomic E-state index is -0.240. The zero-order chi connectivity index (χ0) is 18.0. The van der Waals surface area contributed by atoms with Crippen LogP contribution in [0.3, 0.4) is 0 Å². The van der Waals surface area contributed by atoms with Crippen molar-refractivity contribution in [3.63, 3.8) is 0 Å². The number of fused-ring (bicyclic) bond motifs is 1. The second kappa shape index (κ2) is 6.59. The first kappa shape index (κ1) is 17.0. The van der Waals surface area contributed by atoms with Crippen molar-refractivity contribution in [3.8, 4) is 0 Å². The summed E-state index contributed by atoms with van der Waals surface area (Å²) in [5.41, 5.74) is 1.95. The van der Waals surface area contributed by atoms with Crippen LogP contribution >= 0.6 is 0 Å². The molecule has 1 heterocycles. The molecule has 0 aliphatic heterocycles. The highest BCUT2D eigenvalue weighted by Gasteiger charge is 2.22. The van der Waals surface area contributed by atoms with Gasteiger partial charge in [-0.05, 0) is 23.3 Å². The highest BCUT2D eigenvalue weighted by atomic mass is 16.2. The molecule has 2 N–H and O–H groups in total. The van der Waals surface area contributed by atoms with E-state index in [9.17, 15) is 4.79 Å². The number of rotatable bonds is 4. The van der Waals surface area contributed by atoms with Crippen LogP contribution in [0.1, 0.15) is 25.0 Å². The third-order valence-corrected chi connectivity index (χ3v) is 4.47. The van der Waals surface area contributed by atoms with Crippen molar-refractivity contribution in [2.24, 2.45) is 7.05 Å². The molecular weight excluding hydrogens is 312 g/mol. The van der Waals surface area contributed by atoms with Gasteiger partial charge in [0.1, 0.15) is 0 Å². The van der Waals surface area contributed by atoms with Gasteiger partial charge in [0.05, 0.1) is 0 Å². The Morgan fingerprint density at radius 3 is 2.56 bits per heavy atom. The number of carbonyl (C=O) groups is 1. The highest BCUT2D eigenvalue weighted by molar-refractivity contribution is 5.89. The van der Waals surface area contributed by atoms with Gasteiger partial charge in [0.15, 0.2) is 5.82 Å². The van der Waals surface area contributed by atoms with Crippen LogP contribution in [-0.4, -0.2) is 22.4 Å². The summed E-state index contributed by atoms with van der Waals surface area (Å²) in [7, 11) is 1.83. The lowest BCUT2D eigenvalue weighted by Crippen LogP contribution is -2.39. The van der Waals surface area contributed by atoms with E-state index in [1.165, 1.54) is 16.3 Å². The highest BCUT2D eigenvalue weighted by Crippen LogP contribution is 2.26. The SMILES string of the molecule is Cc1cn(C)nc1NC(=O)NCC(C)(C)c1ccc2ccccc2c1. The van der Waals surface area contributed by atoms with E-state index < -0.39 is 0 Å². The van der Waals surface area contributed by atoms with E-state index in [1.807, 2.05) is 32.3 Å². The molecule has 1 aromatic heterocycles. The lowest BCUT2D eigenvalue weighted by Gasteiger charge is -2.26. The van der Waals surface area contributed by atoms with E-state index in [1.54, 1.807) is 4.68 Å². The Kier molecular flexibility index (Phi) is 4.49. The number of aromatic nitrogens is 2. The molecule has 0 saturated heterocycles. The Balaban J connectivity index is 1.67. The Morgan fingerprint density at radius 1 is 1.16 bits per heavy atom. The summed E-state index contributed by atoms with van der Waals surface area (Å²) in [5, 5.41) is 12.4. The number of aryl methyl sites for hydroxylation is 2. The molecule has 5 heteroatoms. The van der Waals surface area contributed by atoms with Crippen LogP contribution in [-0.2, 0) is 12.5 Å². The quantitative estimate of drug-likeness (QED) is 0.757. The molecule has 0 bridgehead atoms. The first-order valence-corrected chi connectivity index (χ1v) is 8.39. The van der Waals surface area contributed by atoms with Gasteiger partial charge in [-0.3, -0.25) is 10.00 Å². The van der Waals surface area contributed by atoms with Gasteiger partial charge in [-0.25, -0.2) is 4.79 Å². The van der Waals surface area contributed by atoms with Crippen LogP contribution in [0.5, 0.6) is 0 Å². The summed E-state index contributed by atoms with van der Waals surface area (Å²) in [6.07, 6.45) is 1.87. The Bertz CT molecular complexity index is 911. The number of carbonyl (C=O) groups excluding carboxylic acids is 1. The predicted molar refractivity (Wildman–Crippen MR) is 102 cm³/mol. The monoisotopic (exact) mass is 336 g/mol. The molecule has 0 saturated carbocycles. The molecule has 5 nitrogen and oxygen atoms in total. The fraction of sp³-hybridized carbons (Fsp3) is 0.300. The molecule has 0 spiro atoms. The average Bonchev–Trinajstić information content (AvgIpc) is 2.90. The molecule has 0 atom stereocenters. The molecule has 25 heavy (non-hydrogen) atoms. The van der Waals surface area contributed by atoms with Crippen molar-refractivity contribution in [1.29, 1.82) is 0 Å². The minimum Gasteiger partial charge on any atom is -0.337 e. The fourth-order valence-corrected chi connectivity index (χ4v) is 2.90. The van der Waals surface area contributed by atoms with Crippen LogP contribution in [0, 0.1) is 6.92 Å². The number of urea groups is 1.